The van der Waals surface area contributed by atoms with Crippen LogP contribution in [0.3, 0.4) is 0 Å². The van der Waals surface area contributed by atoms with E-state index in [1.54, 1.807) is 0 Å². The fourth-order valence-electron chi connectivity index (χ4n) is 3.10. The number of rotatable bonds is 2. The average molecular weight is 211 g/mol. The summed E-state index contributed by atoms with van der Waals surface area (Å²) in [6.45, 7) is 8.37. The SMILES string of the molecule is CCN1CCCCC1C1CNCCN1C. The molecule has 0 bridgehead atoms. The first-order valence-electron chi connectivity index (χ1n) is 6.48. The van der Waals surface area contributed by atoms with Gasteiger partial charge >= 0.3 is 0 Å². The molecule has 0 radical (unpaired) electrons. The molecular formula is C12H25N3. The third kappa shape index (κ3) is 2.52. The van der Waals surface area contributed by atoms with E-state index in [2.05, 4.69) is 29.1 Å². The zero-order valence-electron chi connectivity index (χ0n) is 10.2. The predicted octanol–water partition coefficient (Wildman–Crippen LogP) is 0.764. The highest BCUT2D eigenvalue weighted by Gasteiger charge is 2.32. The summed E-state index contributed by atoms with van der Waals surface area (Å²) in [6, 6.07) is 1.53. The van der Waals surface area contributed by atoms with E-state index in [0.29, 0.717) is 0 Å². The lowest BCUT2D eigenvalue weighted by Gasteiger charge is -2.45. The van der Waals surface area contributed by atoms with Gasteiger partial charge in [0.05, 0.1) is 0 Å². The molecule has 3 nitrogen and oxygen atoms in total. The van der Waals surface area contributed by atoms with Gasteiger partial charge in [-0.25, -0.2) is 0 Å². The molecule has 2 unspecified atom stereocenters. The molecule has 0 spiro atoms. The summed E-state index contributed by atoms with van der Waals surface area (Å²) >= 11 is 0. The minimum Gasteiger partial charge on any atom is -0.314 e. The molecule has 1 N–H and O–H groups in total. The molecule has 88 valence electrons. The maximum Gasteiger partial charge on any atom is 0.0373 e. The molecule has 3 heteroatoms. The van der Waals surface area contributed by atoms with Crippen LogP contribution < -0.4 is 5.32 Å². The summed E-state index contributed by atoms with van der Waals surface area (Å²) in [7, 11) is 2.29. The number of hydrogen-bond acceptors (Lipinski definition) is 3. The van der Waals surface area contributed by atoms with E-state index in [1.165, 1.54) is 45.4 Å². The molecule has 15 heavy (non-hydrogen) atoms. The topological polar surface area (TPSA) is 18.5 Å². The molecule has 0 amide bonds. The lowest BCUT2D eigenvalue weighted by atomic mass is 9.93. The molecule has 2 heterocycles. The van der Waals surface area contributed by atoms with Crippen molar-refractivity contribution in [2.24, 2.45) is 0 Å². The third-order valence-corrected chi connectivity index (χ3v) is 4.08. The molecular weight excluding hydrogens is 186 g/mol. The van der Waals surface area contributed by atoms with Gasteiger partial charge in [-0.15, -0.1) is 0 Å². The number of piperazine rings is 1. The van der Waals surface area contributed by atoms with Crippen molar-refractivity contribution in [3.05, 3.63) is 0 Å². The Morgan fingerprint density at radius 1 is 1.20 bits per heavy atom. The van der Waals surface area contributed by atoms with Crippen LogP contribution in [-0.2, 0) is 0 Å². The van der Waals surface area contributed by atoms with E-state index < -0.39 is 0 Å². The summed E-state index contributed by atoms with van der Waals surface area (Å²) in [5.74, 6) is 0. The van der Waals surface area contributed by atoms with Crippen molar-refractivity contribution in [2.75, 3.05) is 39.8 Å². The Hall–Kier alpha value is -0.120. The van der Waals surface area contributed by atoms with Gasteiger partial charge in [0.15, 0.2) is 0 Å². The largest absolute Gasteiger partial charge is 0.314 e. The van der Waals surface area contributed by atoms with Crippen molar-refractivity contribution in [3.63, 3.8) is 0 Å². The Bertz CT molecular complexity index is 195. The maximum absolute atomic E-state index is 3.54. The van der Waals surface area contributed by atoms with Gasteiger partial charge in [-0.2, -0.15) is 0 Å². The van der Waals surface area contributed by atoms with Crippen molar-refractivity contribution < 1.29 is 0 Å². The van der Waals surface area contributed by atoms with Crippen molar-refractivity contribution >= 4 is 0 Å². The molecule has 2 atom stereocenters. The Balaban J connectivity index is 1.99. The monoisotopic (exact) mass is 211 g/mol. The summed E-state index contributed by atoms with van der Waals surface area (Å²) in [5, 5.41) is 3.54. The standard InChI is InChI=1S/C12H25N3/c1-3-15-8-5-4-6-11(15)12-10-13-7-9-14(12)2/h11-13H,3-10H2,1-2H3. The van der Waals surface area contributed by atoms with Crippen LogP contribution in [0.2, 0.25) is 0 Å². The Kier molecular flexibility index (Phi) is 4.00. The summed E-state index contributed by atoms with van der Waals surface area (Å²) < 4.78 is 0. The van der Waals surface area contributed by atoms with Crippen molar-refractivity contribution in [2.45, 2.75) is 38.3 Å². The fraction of sp³-hybridized carbons (Fsp3) is 1.00. The van der Waals surface area contributed by atoms with Crippen LogP contribution in [0.5, 0.6) is 0 Å². The fourth-order valence-corrected chi connectivity index (χ4v) is 3.10. The molecule has 2 aliphatic heterocycles. The van der Waals surface area contributed by atoms with E-state index >= 15 is 0 Å². The molecule has 2 aliphatic rings. The van der Waals surface area contributed by atoms with Gasteiger partial charge in [-0.1, -0.05) is 13.3 Å². The molecule has 2 rings (SSSR count). The van der Waals surface area contributed by atoms with E-state index in [1.807, 2.05) is 0 Å². The Morgan fingerprint density at radius 2 is 2.07 bits per heavy atom. The highest BCUT2D eigenvalue weighted by atomic mass is 15.3. The molecule has 0 aromatic heterocycles. The second kappa shape index (κ2) is 5.28. The maximum atomic E-state index is 3.54. The summed E-state index contributed by atoms with van der Waals surface area (Å²) in [4.78, 5) is 5.23. The van der Waals surface area contributed by atoms with E-state index in [4.69, 9.17) is 0 Å². The smallest absolute Gasteiger partial charge is 0.0373 e. The minimum absolute atomic E-state index is 0.735. The highest BCUT2D eigenvalue weighted by Crippen LogP contribution is 2.22. The van der Waals surface area contributed by atoms with Crippen LogP contribution in [0.15, 0.2) is 0 Å². The lowest BCUT2D eigenvalue weighted by molar-refractivity contribution is 0.0554. The van der Waals surface area contributed by atoms with Crippen LogP contribution in [0, 0.1) is 0 Å². The van der Waals surface area contributed by atoms with Crippen molar-refractivity contribution in [3.8, 4) is 0 Å². The zero-order chi connectivity index (χ0) is 10.7. The van der Waals surface area contributed by atoms with Crippen LogP contribution in [0.1, 0.15) is 26.2 Å². The van der Waals surface area contributed by atoms with Gasteiger partial charge in [0, 0.05) is 31.7 Å². The van der Waals surface area contributed by atoms with Gasteiger partial charge in [0.25, 0.3) is 0 Å². The van der Waals surface area contributed by atoms with Gasteiger partial charge in [-0.05, 0) is 33.0 Å². The third-order valence-electron chi connectivity index (χ3n) is 4.08. The molecule has 2 fully saturated rings. The van der Waals surface area contributed by atoms with E-state index in [-0.39, 0.29) is 0 Å². The number of nitrogens with one attached hydrogen (secondary N) is 1. The minimum atomic E-state index is 0.735. The van der Waals surface area contributed by atoms with Gasteiger partial charge in [0.2, 0.25) is 0 Å². The molecule has 0 saturated carbocycles. The Morgan fingerprint density at radius 3 is 2.80 bits per heavy atom. The molecule has 2 saturated heterocycles. The van der Waals surface area contributed by atoms with Crippen LogP contribution in [-0.4, -0.2) is 61.7 Å². The summed E-state index contributed by atoms with van der Waals surface area (Å²) in [5.41, 5.74) is 0. The predicted molar refractivity (Wildman–Crippen MR) is 64.2 cm³/mol. The van der Waals surface area contributed by atoms with Gasteiger partial charge in [0.1, 0.15) is 0 Å². The van der Waals surface area contributed by atoms with Gasteiger partial charge in [-0.3, -0.25) is 9.80 Å². The van der Waals surface area contributed by atoms with E-state index in [0.717, 1.165) is 18.6 Å². The van der Waals surface area contributed by atoms with Crippen molar-refractivity contribution in [1.82, 2.24) is 15.1 Å². The van der Waals surface area contributed by atoms with Gasteiger partial charge < -0.3 is 5.32 Å². The number of likely N-dealkylation sites (N-methyl/N-ethyl adjacent to an activating group) is 2. The first kappa shape index (κ1) is 11.4. The first-order valence-corrected chi connectivity index (χ1v) is 6.48. The quantitative estimate of drug-likeness (QED) is 0.728. The van der Waals surface area contributed by atoms with Crippen molar-refractivity contribution in [1.29, 1.82) is 0 Å². The Labute approximate surface area is 93.8 Å². The molecule has 0 aromatic carbocycles. The first-order chi connectivity index (χ1) is 7.33. The highest BCUT2D eigenvalue weighted by molar-refractivity contribution is 4.91. The lowest BCUT2D eigenvalue weighted by Crippen LogP contribution is -2.60. The second-order valence-electron chi connectivity index (χ2n) is 4.94. The van der Waals surface area contributed by atoms with Crippen LogP contribution >= 0.6 is 0 Å². The average Bonchev–Trinajstić information content (AvgIpc) is 2.30. The summed E-state index contributed by atoms with van der Waals surface area (Å²) in [6.07, 6.45) is 4.21. The number of nitrogens with zero attached hydrogens (tertiary/aromatic N) is 2. The zero-order valence-corrected chi connectivity index (χ0v) is 10.2. The number of likely N-dealkylation sites (tertiary alicyclic amines) is 1. The second-order valence-corrected chi connectivity index (χ2v) is 4.94. The molecule has 0 aromatic rings. The number of piperidine rings is 1. The van der Waals surface area contributed by atoms with Crippen LogP contribution in [0.25, 0.3) is 0 Å². The normalized spacial score (nSPS) is 35.6. The molecule has 0 aliphatic carbocycles. The van der Waals surface area contributed by atoms with Crippen LogP contribution in [0.4, 0.5) is 0 Å². The number of hydrogen-bond donors (Lipinski definition) is 1. The van der Waals surface area contributed by atoms with E-state index in [9.17, 15) is 0 Å².